The van der Waals surface area contributed by atoms with Crippen LogP contribution in [0.2, 0.25) is 0 Å². The van der Waals surface area contributed by atoms with Crippen LogP contribution in [0, 0.1) is 11.8 Å². The lowest BCUT2D eigenvalue weighted by Gasteiger charge is -2.29. The molecule has 2 rings (SSSR count). The Hall–Kier alpha value is -2.73. The Morgan fingerprint density at radius 3 is 2.22 bits per heavy atom. The molecule has 0 aromatic heterocycles. The summed E-state index contributed by atoms with van der Waals surface area (Å²) in [5, 5.41) is 11.0. The SMILES string of the molecule is CC[C@H](C)[C@@H]1NC(=O)[C@H](CC(C)C)NC(=O)[C@H](C)NC(=O)CCSCc2cccc(c2)CSC[C@@H](C(N)=O)NC1=O. The van der Waals surface area contributed by atoms with Crippen LogP contribution in [0.4, 0.5) is 0 Å². The first kappa shape index (κ1) is 34.5. The summed E-state index contributed by atoms with van der Waals surface area (Å²) < 4.78 is 0. The average molecular weight is 608 g/mol. The summed E-state index contributed by atoms with van der Waals surface area (Å²) in [6.45, 7) is 9.16. The van der Waals surface area contributed by atoms with Crippen molar-refractivity contribution < 1.29 is 24.0 Å². The number of benzene rings is 1. The van der Waals surface area contributed by atoms with Gasteiger partial charge in [-0.3, -0.25) is 24.0 Å². The van der Waals surface area contributed by atoms with Crippen molar-refractivity contribution in [2.75, 3.05) is 11.5 Å². The predicted molar refractivity (Wildman–Crippen MR) is 165 cm³/mol. The van der Waals surface area contributed by atoms with Gasteiger partial charge in [-0.05, 0) is 36.3 Å². The molecule has 12 heteroatoms. The Morgan fingerprint density at radius 1 is 0.951 bits per heavy atom. The fourth-order valence-electron chi connectivity index (χ4n) is 4.25. The third kappa shape index (κ3) is 12.0. The van der Waals surface area contributed by atoms with Gasteiger partial charge in [0.05, 0.1) is 0 Å². The van der Waals surface area contributed by atoms with E-state index in [0.29, 0.717) is 24.3 Å². The summed E-state index contributed by atoms with van der Waals surface area (Å²) in [4.78, 5) is 64.4. The van der Waals surface area contributed by atoms with Crippen molar-refractivity contribution >= 4 is 53.1 Å². The fourth-order valence-corrected chi connectivity index (χ4v) is 6.16. The molecule has 0 spiro atoms. The van der Waals surface area contributed by atoms with Crippen molar-refractivity contribution in [2.24, 2.45) is 17.6 Å². The lowest BCUT2D eigenvalue weighted by atomic mass is 9.96. The van der Waals surface area contributed by atoms with E-state index in [1.165, 1.54) is 11.8 Å². The van der Waals surface area contributed by atoms with Crippen LogP contribution in [-0.2, 0) is 35.5 Å². The van der Waals surface area contributed by atoms with Crippen LogP contribution in [0.15, 0.2) is 24.3 Å². The standard InChI is InChI=1S/C29H45N5O5S2/c1-6-18(4)25-29(39)33-23(26(30)36)16-41-15-21-9-7-8-20(13-21)14-40-11-10-24(35)31-19(5)27(37)32-22(12-17(2)3)28(38)34-25/h7-9,13,17-19,22-23,25H,6,10-12,14-16H2,1-5H3,(H2,30,36)(H,31,35)(H,32,37)(H,33,39)(H,34,38)/t18-,19-,22-,23-,25-/m0/s1. The van der Waals surface area contributed by atoms with Crippen LogP contribution >= 0.6 is 23.5 Å². The van der Waals surface area contributed by atoms with E-state index in [0.717, 1.165) is 16.9 Å². The highest BCUT2D eigenvalue weighted by atomic mass is 32.2. The topological polar surface area (TPSA) is 159 Å². The fraction of sp³-hybridized carbons (Fsp3) is 0.621. The minimum absolute atomic E-state index is 0.0678. The molecule has 6 N–H and O–H groups in total. The molecule has 0 radical (unpaired) electrons. The van der Waals surface area contributed by atoms with Crippen LogP contribution in [0.3, 0.4) is 0 Å². The van der Waals surface area contributed by atoms with Gasteiger partial charge < -0.3 is 27.0 Å². The molecule has 5 atom stereocenters. The normalized spacial score (nSPS) is 25.0. The third-order valence-corrected chi connectivity index (χ3v) is 8.99. The number of thioether (sulfide) groups is 2. The Balaban J connectivity index is 2.32. The van der Waals surface area contributed by atoms with Crippen molar-refractivity contribution in [3.63, 3.8) is 0 Å². The highest BCUT2D eigenvalue weighted by Gasteiger charge is 2.32. The predicted octanol–water partition coefficient (Wildman–Crippen LogP) is 2.09. The van der Waals surface area contributed by atoms with Gasteiger partial charge in [-0.1, -0.05) is 58.4 Å². The van der Waals surface area contributed by atoms with Crippen LogP contribution in [-0.4, -0.2) is 65.2 Å². The van der Waals surface area contributed by atoms with E-state index >= 15 is 0 Å². The van der Waals surface area contributed by atoms with Gasteiger partial charge in [0.1, 0.15) is 24.2 Å². The zero-order chi connectivity index (χ0) is 30.5. The number of carbonyl (C=O) groups is 5. The van der Waals surface area contributed by atoms with E-state index in [4.69, 9.17) is 5.73 Å². The third-order valence-electron chi connectivity index (χ3n) is 6.85. The van der Waals surface area contributed by atoms with Crippen molar-refractivity contribution in [1.29, 1.82) is 0 Å². The number of nitrogens with one attached hydrogen (secondary N) is 4. The second-order valence-electron chi connectivity index (χ2n) is 11.0. The maximum atomic E-state index is 13.4. The summed E-state index contributed by atoms with van der Waals surface area (Å²) in [6.07, 6.45) is 1.19. The number of hydrogen-bond donors (Lipinski definition) is 5. The molecule has 0 saturated heterocycles. The lowest BCUT2D eigenvalue weighted by Crippen LogP contribution is -2.59. The first-order valence-electron chi connectivity index (χ1n) is 14.1. The van der Waals surface area contributed by atoms with Gasteiger partial charge in [0.15, 0.2) is 0 Å². The Morgan fingerprint density at radius 2 is 1.61 bits per heavy atom. The molecule has 0 unspecified atom stereocenters. The summed E-state index contributed by atoms with van der Waals surface area (Å²) in [7, 11) is 0. The number of nitrogens with two attached hydrogens (primary N) is 1. The first-order chi connectivity index (χ1) is 19.4. The summed E-state index contributed by atoms with van der Waals surface area (Å²) in [5.41, 5.74) is 7.82. The highest BCUT2D eigenvalue weighted by molar-refractivity contribution is 7.98. The summed E-state index contributed by atoms with van der Waals surface area (Å²) in [6, 6.07) is 4.47. The number of hydrogen-bond acceptors (Lipinski definition) is 7. The molecule has 0 saturated carbocycles. The monoisotopic (exact) mass is 607 g/mol. The summed E-state index contributed by atoms with van der Waals surface area (Å²) in [5.74, 6) is -0.349. The van der Waals surface area contributed by atoms with Gasteiger partial charge in [-0.15, -0.1) is 0 Å². The molecule has 1 aliphatic heterocycles. The van der Waals surface area contributed by atoms with E-state index in [1.807, 2.05) is 45.9 Å². The number of amides is 5. The Bertz CT molecular complexity index is 1070. The van der Waals surface area contributed by atoms with Crippen molar-refractivity contribution in [3.8, 4) is 0 Å². The van der Waals surface area contributed by atoms with Gasteiger partial charge in [0.2, 0.25) is 29.5 Å². The quantitative estimate of drug-likeness (QED) is 0.343. The van der Waals surface area contributed by atoms with Crippen LogP contribution in [0.5, 0.6) is 0 Å². The maximum absolute atomic E-state index is 13.4. The number of fused-ring (bicyclic) bond motifs is 2. The lowest BCUT2D eigenvalue weighted by molar-refractivity contribution is -0.135. The second-order valence-corrected chi connectivity index (χ2v) is 13.1. The Labute approximate surface area is 251 Å². The Kier molecular flexibility index (Phi) is 14.5. The average Bonchev–Trinajstić information content (AvgIpc) is 2.91. The first-order valence-corrected chi connectivity index (χ1v) is 16.4. The number of carbonyl (C=O) groups excluding carboxylic acids is 5. The van der Waals surface area contributed by atoms with Crippen LogP contribution in [0.25, 0.3) is 0 Å². The molecule has 2 bridgehead atoms. The molecule has 1 heterocycles. The van der Waals surface area contributed by atoms with E-state index < -0.39 is 47.8 Å². The summed E-state index contributed by atoms with van der Waals surface area (Å²) >= 11 is 3.10. The molecule has 228 valence electrons. The molecule has 41 heavy (non-hydrogen) atoms. The molecule has 1 aliphatic rings. The van der Waals surface area contributed by atoms with E-state index in [9.17, 15) is 24.0 Å². The van der Waals surface area contributed by atoms with E-state index in [2.05, 4.69) is 27.3 Å². The molecule has 0 fully saturated rings. The van der Waals surface area contributed by atoms with E-state index in [-0.39, 0.29) is 29.9 Å². The molecule has 10 nitrogen and oxygen atoms in total. The molecular weight excluding hydrogens is 562 g/mol. The molecule has 1 aromatic carbocycles. The minimum Gasteiger partial charge on any atom is -0.368 e. The molecule has 1 aromatic rings. The van der Waals surface area contributed by atoms with Gasteiger partial charge in [0, 0.05) is 29.4 Å². The highest BCUT2D eigenvalue weighted by Crippen LogP contribution is 2.19. The van der Waals surface area contributed by atoms with Crippen molar-refractivity contribution in [3.05, 3.63) is 35.4 Å². The van der Waals surface area contributed by atoms with Gasteiger partial charge in [-0.2, -0.15) is 23.5 Å². The van der Waals surface area contributed by atoms with Gasteiger partial charge >= 0.3 is 0 Å². The van der Waals surface area contributed by atoms with Crippen LogP contribution < -0.4 is 27.0 Å². The molecule has 0 aliphatic carbocycles. The molecular formula is C29H45N5O5S2. The smallest absolute Gasteiger partial charge is 0.243 e. The minimum atomic E-state index is -0.935. The van der Waals surface area contributed by atoms with Gasteiger partial charge in [-0.25, -0.2) is 0 Å². The number of primary amides is 1. The second kappa shape index (κ2) is 17.3. The zero-order valence-corrected chi connectivity index (χ0v) is 26.3. The maximum Gasteiger partial charge on any atom is 0.243 e. The zero-order valence-electron chi connectivity index (χ0n) is 24.7. The largest absolute Gasteiger partial charge is 0.368 e. The number of rotatable bonds is 5. The van der Waals surface area contributed by atoms with Crippen molar-refractivity contribution in [2.45, 2.75) is 89.6 Å². The van der Waals surface area contributed by atoms with Crippen LogP contribution in [0.1, 0.15) is 65.0 Å². The van der Waals surface area contributed by atoms with Gasteiger partial charge in [0.25, 0.3) is 0 Å². The van der Waals surface area contributed by atoms with Crippen molar-refractivity contribution in [1.82, 2.24) is 21.3 Å². The van der Waals surface area contributed by atoms with E-state index in [1.54, 1.807) is 18.7 Å². The molecule has 5 amide bonds.